The molecule has 2 amide bonds. The van der Waals surface area contributed by atoms with Gasteiger partial charge in [0.1, 0.15) is 0 Å². The molecule has 4 nitrogen and oxygen atoms in total. The Kier molecular flexibility index (Phi) is 3.09. The summed E-state index contributed by atoms with van der Waals surface area (Å²) in [6.45, 7) is 0. The number of nitriles is 1. The first kappa shape index (κ1) is 12.8. The van der Waals surface area contributed by atoms with Gasteiger partial charge in [-0.2, -0.15) is 5.26 Å². The third-order valence-corrected chi connectivity index (χ3v) is 3.26. The fourth-order valence-electron chi connectivity index (χ4n) is 2.28. The van der Waals surface area contributed by atoms with E-state index >= 15 is 0 Å². The molecule has 0 radical (unpaired) electrons. The minimum absolute atomic E-state index is 0.390. The van der Waals surface area contributed by atoms with Crippen LogP contribution in [0.15, 0.2) is 48.5 Å². The van der Waals surface area contributed by atoms with Crippen molar-refractivity contribution in [3.8, 4) is 6.07 Å². The number of rotatable bonds is 1. The molecule has 2 aromatic rings. The zero-order valence-corrected chi connectivity index (χ0v) is 11.0. The lowest BCUT2D eigenvalue weighted by molar-refractivity contribution is -0.114. The molecule has 0 spiro atoms. The lowest BCUT2D eigenvalue weighted by atomic mass is 9.93. The van der Waals surface area contributed by atoms with Crippen LogP contribution in [0.25, 0.3) is 11.6 Å². The van der Waals surface area contributed by atoms with Crippen LogP contribution in [0.5, 0.6) is 0 Å². The van der Waals surface area contributed by atoms with Crippen LogP contribution in [0.3, 0.4) is 0 Å². The van der Waals surface area contributed by atoms with E-state index in [1.807, 2.05) is 0 Å². The Hall–Kier alpha value is -3.19. The zero-order valence-electron chi connectivity index (χ0n) is 11.0. The normalized spacial score (nSPS) is 15.3. The Bertz CT molecular complexity index is 829. The van der Waals surface area contributed by atoms with Crippen molar-refractivity contribution in [3.63, 3.8) is 0 Å². The summed E-state index contributed by atoms with van der Waals surface area (Å²) in [6, 6.07) is 16.0. The Labute approximate surface area is 121 Å². The van der Waals surface area contributed by atoms with Crippen molar-refractivity contribution in [3.05, 3.63) is 70.8 Å². The first-order chi connectivity index (χ1) is 10.2. The average molecular weight is 274 g/mol. The number of hydrogen-bond donors (Lipinski definition) is 1. The maximum absolute atomic E-state index is 12.1. The predicted octanol–water partition coefficient (Wildman–Crippen LogP) is 2.37. The molecule has 21 heavy (non-hydrogen) atoms. The van der Waals surface area contributed by atoms with E-state index in [2.05, 4.69) is 11.4 Å². The molecule has 0 saturated heterocycles. The SMILES string of the molecule is N#Cc1cccc(/C=C2\C(=O)NC(=O)c3ccccc32)c1. The highest BCUT2D eigenvalue weighted by Crippen LogP contribution is 2.26. The second kappa shape index (κ2) is 5.06. The molecule has 2 aromatic carbocycles. The van der Waals surface area contributed by atoms with E-state index in [9.17, 15) is 9.59 Å². The second-order valence-electron chi connectivity index (χ2n) is 4.62. The van der Waals surface area contributed by atoms with E-state index in [0.29, 0.717) is 22.3 Å². The lowest BCUT2D eigenvalue weighted by Gasteiger charge is -2.18. The van der Waals surface area contributed by atoms with Crippen molar-refractivity contribution in [2.24, 2.45) is 0 Å². The highest BCUT2D eigenvalue weighted by Gasteiger charge is 2.26. The van der Waals surface area contributed by atoms with E-state index in [1.54, 1.807) is 54.6 Å². The minimum Gasteiger partial charge on any atom is -0.288 e. The Morgan fingerprint density at radius 3 is 2.48 bits per heavy atom. The van der Waals surface area contributed by atoms with Gasteiger partial charge in [0.2, 0.25) is 0 Å². The molecule has 4 heteroatoms. The van der Waals surface area contributed by atoms with Crippen molar-refractivity contribution >= 4 is 23.5 Å². The van der Waals surface area contributed by atoms with Gasteiger partial charge in [0.05, 0.1) is 11.6 Å². The highest BCUT2D eigenvalue weighted by molar-refractivity contribution is 6.33. The third kappa shape index (κ3) is 2.33. The van der Waals surface area contributed by atoms with Gasteiger partial charge >= 0.3 is 0 Å². The molecular weight excluding hydrogens is 264 g/mol. The molecule has 1 heterocycles. The van der Waals surface area contributed by atoms with Gasteiger partial charge in [-0.1, -0.05) is 30.3 Å². The number of hydrogen-bond acceptors (Lipinski definition) is 3. The number of carbonyl (C=O) groups is 2. The lowest BCUT2D eigenvalue weighted by Crippen LogP contribution is -2.36. The number of carbonyl (C=O) groups excluding carboxylic acids is 2. The third-order valence-electron chi connectivity index (χ3n) is 3.26. The molecule has 1 aliphatic heterocycles. The Morgan fingerprint density at radius 2 is 1.71 bits per heavy atom. The van der Waals surface area contributed by atoms with Crippen molar-refractivity contribution in [1.29, 1.82) is 5.26 Å². The molecule has 0 unspecified atom stereocenters. The second-order valence-corrected chi connectivity index (χ2v) is 4.62. The monoisotopic (exact) mass is 274 g/mol. The molecule has 0 bridgehead atoms. The number of imide groups is 1. The van der Waals surface area contributed by atoms with E-state index in [0.717, 1.165) is 5.56 Å². The van der Waals surface area contributed by atoms with Crippen LogP contribution in [0.4, 0.5) is 0 Å². The van der Waals surface area contributed by atoms with Crippen LogP contribution in [0.1, 0.15) is 27.0 Å². The molecule has 0 aromatic heterocycles. The molecule has 1 N–H and O–H groups in total. The van der Waals surface area contributed by atoms with Crippen molar-refractivity contribution in [2.75, 3.05) is 0 Å². The summed E-state index contributed by atoms with van der Waals surface area (Å²) < 4.78 is 0. The molecular formula is C17H10N2O2. The van der Waals surface area contributed by atoms with Gasteiger partial charge in [0, 0.05) is 11.1 Å². The summed E-state index contributed by atoms with van der Waals surface area (Å²) in [5.41, 5.74) is 2.75. The number of amides is 2. The number of benzene rings is 2. The van der Waals surface area contributed by atoms with E-state index in [-0.39, 0.29) is 0 Å². The largest absolute Gasteiger partial charge is 0.288 e. The highest BCUT2D eigenvalue weighted by atomic mass is 16.2. The molecule has 100 valence electrons. The topological polar surface area (TPSA) is 70.0 Å². The average Bonchev–Trinajstić information content (AvgIpc) is 2.51. The fourth-order valence-corrected chi connectivity index (χ4v) is 2.28. The van der Waals surface area contributed by atoms with Crippen LogP contribution in [-0.4, -0.2) is 11.8 Å². The standard InChI is InChI=1S/C17H10N2O2/c18-10-12-5-3-4-11(8-12)9-15-13-6-1-2-7-14(13)16(20)19-17(15)21/h1-9H,(H,19,20,21)/b15-9-. The van der Waals surface area contributed by atoms with Gasteiger partial charge < -0.3 is 0 Å². The minimum atomic E-state index is -0.430. The van der Waals surface area contributed by atoms with Crippen LogP contribution in [-0.2, 0) is 4.79 Å². The van der Waals surface area contributed by atoms with Gasteiger partial charge in [-0.15, -0.1) is 0 Å². The van der Waals surface area contributed by atoms with Gasteiger partial charge in [-0.3, -0.25) is 14.9 Å². The number of nitrogens with zero attached hydrogens (tertiary/aromatic N) is 1. The van der Waals surface area contributed by atoms with Gasteiger partial charge in [-0.25, -0.2) is 0 Å². The summed E-state index contributed by atoms with van der Waals surface area (Å²) >= 11 is 0. The van der Waals surface area contributed by atoms with Crippen molar-refractivity contribution < 1.29 is 9.59 Å². The summed E-state index contributed by atoms with van der Waals surface area (Å²) in [4.78, 5) is 23.9. The maximum atomic E-state index is 12.1. The first-order valence-corrected chi connectivity index (χ1v) is 6.36. The Balaban J connectivity index is 2.15. The maximum Gasteiger partial charge on any atom is 0.258 e. The molecule has 0 atom stereocenters. The number of nitrogens with one attached hydrogen (secondary N) is 1. The van der Waals surface area contributed by atoms with Gasteiger partial charge in [0.25, 0.3) is 11.8 Å². The smallest absolute Gasteiger partial charge is 0.258 e. The van der Waals surface area contributed by atoms with E-state index in [1.165, 1.54) is 0 Å². The predicted molar refractivity (Wildman–Crippen MR) is 77.9 cm³/mol. The zero-order chi connectivity index (χ0) is 14.8. The molecule has 1 aliphatic rings. The van der Waals surface area contributed by atoms with Crippen LogP contribution >= 0.6 is 0 Å². The van der Waals surface area contributed by atoms with Crippen LogP contribution in [0.2, 0.25) is 0 Å². The summed E-state index contributed by atoms with van der Waals surface area (Å²) in [7, 11) is 0. The van der Waals surface area contributed by atoms with Gasteiger partial charge in [0.15, 0.2) is 0 Å². The number of fused-ring (bicyclic) bond motifs is 1. The first-order valence-electron chi connectivity index (χ1n) is 6.36. The van der Waals surface area contributed by atoms with Crippen LogP contribution < -0.4 is 5.32 Å². The molecule has 0 saturated carbocycles. The van der Waals surface area contributed by atoms with Crippen molar-refractivity contribution in [2.45, 2.75) is 0 Å². The molecule has 0 aliphatic carbocycles. The van der Waals surface area contributed by atoms with E-state index in [4.69, 9.17) is 5.26 Å². The molecule has 3 rings (SSSR count). The molecule has 0 fully saturated rings. The fraction of sp³-hybridized carbons (Fsp3) is 0. The Morgan fingerprint density at radius 1 is 0.952 bits per heavy atom. The quantitative estimate of drug-likeness (QED) is 0.641. The summed E-state index contributed by atoms with van der Waals surface area (Å²) in [5.74, 6) is -0.820. The van der Waals surface area contributed by atoms with Crippen molar-refractivity contribution in [1.82, 2.24) is 5.32 Å². The van der Waals surface area contributed by atoms with E-state index < -0.39 is 11.8 Å². The summed E-state index contributed by atoms with van der Waals surface area (Å²) in [6.07, 6.45) is 1.68. The van der Waals surface area contributed by atoms with Crippen LogP contribution in [0, 0.1) is 11.3 Å². The summed E-state index contributed by atoms with van der Waals surface area (Å²) in [5, 5.41) is 11.2. The van der Waals surface area contributed by atoms with Gasteiger partial charge in [-0.05, 0) is 35.4 Å².